The Kier molecular flexibility index (Phi) is 6.03. The quantitative estimate of drug-likeness (QED) is 0.841. The van der Waals surface area contributed by atoms with Crippen molar-refractivity contribution in [3.63, 3.8) is 0 Å². The molecule has 3 rings (SSSR count). The molecular weight excluding hydrogens is 349 g/mol. The molecule has 0 aliphatic carbocycles. The molecule has 7 heteroatoms. The molecule has 1 heterocycles. The fourth-order valence-corrected chi connectivity index (χ4v) is 3.06. The number of para-hydroxylation sites is 2. The molecule has 6 nitrogen and oxygen atoms in total. The minimum atomic E-state index is -0.349. The molecule has 0 radical (unpaired) electrons. The van der Waals surface area contributed by atoms with E-state index in [1.54, 1.807) is 35.1 Å². The molecule has 0 aromatic heterocycles. The number of nitrogens with one attached hydrogen (secondary N) is 1. The number of nitrogens with zero attached hydrogens (tertiary/aromatic N) is 2. The van der Waals surface area contributed by atoms with Crippen LogP contribution in [0.2, 0.25) is 0 Å². The smallest absolute Gasteiger partial charge is 0.241 e. The zero-order valence-corrected chi connectivity index (χ0v) is 15.2. The van der Waals surface area contributed by atoms with Crippen molar-refractivity contribution in [2.24, 2.45) is 0 Å². The van der Waals surface area contributed by atoms with Gasteiger partial charge in [0.25, 0.3) is 0 Å². The molecule has 0 bridgehead atoms. The largest absolute Gasteiger partial charge is 0.495 e. The van der Waals surface area contributed by atoms with Crippen LogP contribution in [0.25, 0.3) is 0 Å². The predicted molar refractivity (Wildman–Crippen MR) is 100 cm³/mol. The average Bonchev–Trinajstić information content (AvgIpc) is 2.67. The highest BCUT2D eigenvalue weighted by Gasteiger charge is 2.27. The predicted octanol–water partition coefficient (Wildman–Crippen LogP) is 1.80. The molecule has 27 heavy (non-hydrogen) atoms. The molecular formula is C20H22FN3O3. The number of rotatable bonds is 6. The molecule has 2 amide bonds. The van der Waals surface area contributed by atoms with E-state index in [2.05, 4.69) is 5.32 Å². The van der Waals surface area contributed by atoms with Crippen molar-refractivity contribution in [1.82, 2.24) is 10.2 Å². The molecule has 0 unspecified atom stereocenters. The number of ether oxygens (including phenoxy) is 1. The van der Waals surface area contributed by atoms with E-state index >= 15 is 0 Å². The number of hydrogen-bond donors (Lipinski definition) is 1. The molecule has 1 saturated heterocycles. The minimum absolute atomic E-state index is 0.0901. The van der Waals surface area contributed by atoms with Gasteiger partial charge in [-0.2, -0.15) is 0 Å². The van der Waals surface area contributed by atoms with Gasteiger partial charge in [0.1, 0.15) is 11.6 Å². The van der Waals surface area contributed by atoms with Crippen molar-refractivity contribution in [3.8, 4) is 5.75 Å². The summed E-state index contributed by atoms with van der Waals surface area (Å²) in [5.74, 6) is -0.0372. The van der Waals surface area contributed by atoms with Gasteiger partial charge in [-0.15, -0.1) is 0 Å². The van der Waals surface area contributed by atoms with Gasteiger partial charge in [-0.3, -0.25) is 14.5 Å². The number of anilines is 1. The first kappa shape index (κ1) is 18.8. The average molecular weight is 371 g/mol. The van der Waals surface area contributed by atoms with Crippen LogP contribution >= 0.6 is 0 Å². The zero-order valence-electron chi connectivity index (χ0n) is 15.2. The fraction of sp³-hybridized carbons (Fsp3) is 0.300. The van der Waals surface area contributed by atoms with Crippen LogP contribution in [0.1, 0.15) is 5.56 Å². The van der Waals surface area contributed by atoms with Gasteiger partial charge in [0.05, 0.1) is 25.9 Å². The summed E-state index contributed by atoms with van der Waals surface area (Å²) < 4.78 is 18.9. The maximum absolute atomic E-state index is 13.6. The molecule has 1 N–H and O–H groups in total. The highest BCUT2D eigenvalue weighted by Crippen LogP contribution is 2.28. The van der Waals surface area contributed by atoms with Gasteiger partial charge in [-0.05, 0) is 18.2 Å². The SMILES string of the molecule is COc1ccccc1N1CCN(CC(=O)NCc2ccccc2F)CC1=O. The molecule has 0 saturated carbocycles. The van der Waals surface area contributed by atoms with Crippen molar-refractivity contribution in [3.05, 3.63) is 59.9 Å². The summed E-state index contributed by atoms with van der Waals surface area (Å²) in [5.41, 5.74) is 1.16. The van der Waals surface area contributed by atoms with Gasteiger partial charge < -0.3 is 15.0 Å². The van der Waals surface area contributed by atoms with Gasteiger partial charge >= 0.3 is 0 Å². The van der Waals surface area contributed by atoms with E-state index in [0.29, 0.717) is 24.4 Å². The Balaban J connectivity index is 1.53. The highest BCUT2D eigenvalue weighted by atomic mass is 19.1. The van der Waals surface area contributed by atoms with Gasteiger partial charge in [0, 0.05) is 25.2 Å². The van der Waals surface area contributed by atoms with Crippen LogP contribution in [0, 0.1) is 5.82 Å². The lowest BCUT2D eigenvalue weighted by atomic mass is 10.2. The summed E-state index contributed by atoms with van der Waals surface area (Å²) in [6.45, 7) is 1.41. The number of piperazine rings is 1. The number of amides is 2. The van der Waals surface area contributed by atoms with Crippen LogP contribution in [-0.4, -0.2) is 50.0 Å². The van der Waals surface area contributed by atoms with Gasteiger partial charge in [-0.25, -0.2) is 4.39 Å². The summed E-state index contributed by atoms with van der Waals surface area (Å²) in [6, 6.07) is 13.7. The van der Waals surface area contributed by atoms with Crippen LogP contribution in [0.5, 0.6) is 5.75 Å². The third-order valence-electron chi connectivity index (χ3n) is 4.48. The Morgan fingerprint density at radius 3 is 2.63 bits per heavy atom. The first-order valence-corrected chi connectivity index (χ1v) is 8.74. The Hall–Kier alpha value is -2.93. The molecule has 0 atom stereocenters. The summed E-state index contributed by atoms with van der Waals surface area (Å²) in [5, 5.41) is 2.70. The summed E-state index contributed by atoms with van der Waals surface area (Å²) in [6.07, 6.45) is 0. The number of benzene rings is 2. The Bertz CT molecular complexity index is 828. The van der Waals surface area contributed by atoms with Crippen LogP contribution in [0.3, 0.4) is 0 Å². The second-order valence-corrected chi connectivity index (χ2v) is 6.30. The molecule has 0 spiro atoms. The molecule has 1 fully saturated rings. The lowest BCUT2D eigenvalue weighted by Crippen LogP contribution is -2.52. The third kappa shape index (κ3) is 4.62. The summed E-state index contributed by atoms with van der Waals surface area (Å²) in [7, 11) is 1.57. The Morgan fingerprint density at radius 1 is 1.15 bits per heavy atom. The van der Waals surface area contributed by atoms with Gasteiger partial charge in [0.15, 0.2) is 0 Å². The number of carbonyl (C=O) groups is 2. The van der Waals surface area contributed by atoms with E-state index < -0.39 is 0 Å². The van der Waals surface area contributed by atoms with Gasteiger partial charge in [0.2, 0.25) is 11.8 Å². The Labute approximate surface area is 157 Å². The molecule has 2 aromatic carbocycles. The second kappa shape index (κ2) is 8.64. The van der Waals surface area contributed by atoms with E-state index in [1.807, 2.05) is 24.3 Å². The first-order valence-electron chi connectivity index (χ1n) is 8.74. The number of methoxy groups -OCH3 is 1. The van der Waals surface area contributed by atoms with Gasteiger partial charge in [-0.1, -0.05) is 30.3 Å². The Morgan fingerprint density at radius 2 is 1.89 bits per heavy atom. The van der Waals surface area contributed by atoms with E-state index in [4.69, 9.17) is 4.74 Å². The standard InChI is InChI=1S/C20H22FN3O3/c1-27-18-9-5-4-8-17(18)24-11-10-23(14-20(24)26)13-19(25)22-12-15-6-2-3-7-16(15)21/h2-9H,10-14H2,1H3,(H,22,25). The van der Waals surface area contributed by atoms with E-state index in [0.717, 1.165) is 5.69 Å². The second-order valence-electron chi connectivity index (χ2n) is 6.30. The maximum Gasteiger partial charge on any atom is 0.241 e. The highest BCUT2D eigenvalue weighted by molar-refractivity contribution is 5.97. The van der Waals surface area contributed by atoms with E-state index in [1.165, 1.54) is 6.07 Å². The zero-order chi connectivity index (χ0) is 19.2. The summed E-state index contributed by atoms with van der Waals surface area (Å²) >= 11 is 0. The first-order chi connectivity index (χ1) is 13.1. The van der Waals surface area contributed by atoms with Crippen LogP contribution in [0.15, 0.2) is 48.5 Å². The van der Waals surface area contributed by atoms with Crippen molar-refractivity contribution in [2.75, 3.05) is 38.2 Å². The van der Waals surface area contributed by atoms with E-state index in [9.17, 15) is 14.0 Å². The molecule has 142 valence electrons. The van der Waals surface area contributed by atoms with E-state index in [-0.39, 0.29) is 37.3 Å². The third-order valence-corrected chi connectivity index (χ3v) is 4.48. The van der Waals surface area contributed by atoms with Crippen LogP contribution in [0.4, 0.5) is 10.1 Å². The fourth-order valence-electron chi connectivity index (χ4n) is 3.06. The lowest BCUT2D eigenvalue weighted by Gasteiger charge is -2.34. The molecule has 1 aliphatic heterocycles. The van der Waals surface area contributed by atoms with Crippen molar-refractivity contribution >= 4 is 17.5 Å². The number of carbonyl (C=O) groups excluding carboxylic acids is 2. The van der Waals surface area contributed by atoms with Crippen LogP contribution in [-0.2, 0) is 16.1 Å². The molecule has 1 aliphatic rings. The van der Waals surface area contributed by atoms with Crippen LogP contribution < -0.4 is 15.0 Å². The number of halogens is 1. The van der Waals surface area contributed by atoms with Crippen molar-refractivity contribution in [2.45, 2.75) is 6.54 Å². The maximum atomic E-state index is 13.6. The monoisotopic (exact) mass is 371 g/mol. The van der Waals surface area contributed by atoms with Crippen molar-refractivity contribution in [1.29, 1.82) is 0 Å². The minimum Gasteiger partial charge on any atom is -0.495 e. The molecule has 2 aromatic rings. The lowest BCUT2D eigenvalue weighted by molar-refractivity contribution is -0.125. The van der Waals surface area contributed by atoms with Crippen molar-refractivity contribution < 1.29 is 18.7 Å². The summed E-state index contributed by atoms with van der Waals surface area (Å²) in [4.78, 5) is 28.1. The number of hydrogen-bond acceptors (Lipinski definition) is 4. The topological polar surface area (TPSA) is 61.9 Å². The normalized spacial score (nSPS) is 14.9.